The van der Waals surface area contributed by atoms with E-state index in [0.29, 0.717) is 18.4 Å². The molecule has 6 nitrogen and oxygen atoms in total. The maximum absolute atomic E-state index is 9.81. The van der Waals surface area contributed by atoms with E-state index in [2.05, 4.69) is 10.2 Å². The number of nitrogens with zero attached hydrogens (tertiary/aromatic N) is 3. The highest BCUT2D eigenvalue weighted by Crippen LogP contribution is 2.39. The third-order valence-corrected chi connectivity index (χ3v) is 3.78. The summed E-state index contributed by atoms with van der Waals surface area (Å²) in [5, 5.41) is 17.1. The minimum Gasteiger partial charge on any atom is -0.506 e. The Morgan fingerprint density at radius 1 is 1.25 bits per heavy atom. The van der Waals surface area contributed by atoms with Gasteiger partial charge in [-0.1, -0.05) is 46.9 Å². The highest BCUT2D eigenvalue weighted by molar-refractivity contribution is 6.66. The molecule has 2 aromatic rings. The normalized spacial score (nSPS) is 11.8. The minimum absolute atomic E-state index is 0.101. The maximum Gasteiger partial charge on any atom is 0.216 e. The lowest BCUT2D eigenvalue weighted by atomic mass is 10.2. The van der Waals surface area contributed by atoms with Crippen LogP contribution in [-0.4, -0.2) is 21.8 Å². The van der Waals surface area contributed by atoms with Crippen LogP contribution in [-0.2, 0) is 10.2 Å². The second kappa shape index (κ2) is 7.79. The van der Waals surface area contributed by atoms with Gasteiger partial charge < -0.3 is 21.1 Å². The van der Waals surface area contributed by atoms with Gasteiger partial charge in [0.05, 0.1) is 6.20 Å². The first-order valence-corrected chi connectivity index (χ1v) is 8.09. The smallest absolute Gasteiger partial charge is 0.216 e. The van der Waals surface area contributed by atoms with Crippen LogP contribution in [0.15, 0.2) is 46.7 Å². The van der Waals surface area contributed by atoms with Crippen LogP contribution in [0.25, 0.3) is 5.69 Å². The van der Waals surface area contributed by atoms with E-state index in [1.54, 1.807) is 36.7 Å². The fraction of sp³-hybridized carbons (Fsp3) is 0.200. The van der Waals surface area contributed by atoms with Crippen LogP contribution in [0, 0.1) is 0 Å². The molecule has 0 aliphatic rings. The Labute approximate surface area is 154 Å². The van der Waals surface area contributed by atoms with Crippen LogP contribution in [0.3, 0.4) is 0 Å². The standard InChI is InChI=1S/C15H16Cl3N5O/c16-15(17,18)10-3-1-4-11(7-10)23-9-13(24)8-12(23)5-2-6-21-22-14(19)20/h1,3-4,6-9,24H,2,5H2,(H4,19,20,22)/b21-6+. The molecule has 0 unspecified atom stereocenters. The maximum atomic E-state index is 9.81. The molecule has 0 atom stereocenters. The number of halogens is 3. The van der Waals surface area contributed by atoms with Crippen molar-refractivity contribution in [2.75, 3.05) is 0 Å². The summed E-state index contributed by atoms with van der Waals surface area (Å²) in [5.41, 5.74) is 12.5. The number of nitrogens with two attached hydrogens (primary N) is 2. The lowest BCUT2D eigenvalue weighted by Gasteiger charge is -2.14. The number of guanidine groups is 1. The molecule has 0 aliphatic carbocycles. The number of rotatable bonds is 5. The molecule has 1 aromatic heterocycles. The summed E-state index contributed by atoms with van der Waals surface area (Å²) in [4.78, 5) is 0. The third-order valence-electron chi connectivity index (χ3n) is 3.12. The van der Waals surface area contributed by atoms with Crippen molar-refractivity contribution in [1.29, 1.82) is 0 Å². The molecule has 2 rings (SSSR count). The quantitative estimate of drug-likeness (QED) is 0.317. The minimum atomic E-state index is -1.52. The number of benzene rings is 1. The Kier molecular flexibility index (Phi) is 5.99. The first-order valence-electron chi connectivity index (χ1n) is 6.95. The Hall–Kier alpha value is -1.89. The van der Waals surface area contributed by atoms with Crippen molar-refractivity contribution < 1.29 is 5.11 Å². The van der Waals surface area contributed by atoms with E-state index in [9.17, 15) is 5.11 Å². The number of aromatic nitrogens is 1. The SMILES string of the molecule is NC(N)=N/N=C/CCc1cc(O)cn1-c1cccc(C(Cl)(Cl)Cl)c1. The van der Waals surface area contributed by atoms with Gasteiger partial charge in [0.2, 0.25) is 9.75 Å². The number of hydrogen-bond donors (Lipinski definition) is 3. The van der Waals surface area contributed by atoms with Gasteiger partial charge >= 0.3 is 0 Å². The average molecular weight is 389 g/mol. The van der Waals surface area contributed by atoms with Gasteiger partial charge in [0.1, 0.15) is 5.75 Å². The molecule has 0 fully saturated rings. The van der Waals surface area contributed by atoms with Crippen molar-refractivity contribution >= 4 is 47.0 Å². The van der Waals surface area contributed by atoms with E-state index in [0.717, 1.165) is 11.4 Å². The number of aryl methyl sites for hydroxylation is 1. The molecule has 0 spiro atoms. The van der Waals surface area contributed by atoms with E-state index in [1.165, 1.54) is 0 Å². The van der Waals surface area contributed by atoms with Crippen LogP contribution in [0.5, 0.6) is 5.75 Å². The van der Waals surface area contributed by atoms with Gasteiger partial charge in [-0.2, -0.15) is 5.10 Å². The van der Waals surface area contributed by atoms with Crippen molar-refractivity contribution in [2.24, 2.45) is 21.7 Å². The number of hydrogen-bond acceptors (Lipinski definition) is 3. The summed E-state index contributed by atoms with van der Waals surface area (Å²) in [6.07, 6.45) is 4.39. The lowest BCUT2D eigenvalue weighted by molar-refractivity contribution is 0.475. The van der Waals surface area contributed by atoms with E-state index in [-0.39, 0.29) is 11.7 Å². The molecule has 5 N–H and O–H groups in total. The fourth-order valence-corrected chi connectivity index (χ4v) is 2.49. The van der Waals surface area contributed by atoms with Crippen LogP contribution in [0.1, 0.15) is 17.7 Å². The molecule has 0 saturated heterocycles. The molecule has 1 aromatic carbocycles. The molecule has 0 saturated carbocycles. The van der Waals surface area contributed by atoms with Gasteiger partial charge in [0, 0.05) is 29.2 Å². The van der Waals surface area contributed by atoms with Crippen LogP contribution < -0.4 is 11.5 Å². The van der Waals surface area contributed by atoms with E-state index in [4.69, 9.17) is 46.3 Å². The zero-order valence-electron chi connectivity index (χ0n) is 12.5. The number of alkyl halides is 3. The van der Waals surface area contributed by atoms with Crippen molar-refractivity contribution in [2.45, 2.75) is 16.6 Å². The summed E-state index contributed by atoms with van der Waals surface area (Å²) >= 11 is 17.8. The summed E-state index contributed by atoms with van der Waals surface area (Å²) in [6, 6.07) is 8.78. The van der Waals surface area contributed by atoms with Crippen molar-refractivity contribution in [3.05, 3.63) is 47.8 Å². The average Bonchev–Trinajstić information content (AvgIpc) is 2.87. The van der Waals surface area contributed by atoms with Crippen molar-refractivity contribution in [1.82, 2.24) is 4.57 Å². The summed E-state index contributed by atoms with van der Waals surface area (Å²) in [6.45, 7) is 0. The van der Waals surface area contributed by atoms with Crippen molar-refractivity contribution in [3.8, 4) is 11.4 Å². The van der Waals surface area contributed by atoms with Gasteiger partial charge in [0.25, 0.3) is 0 Å². The Bertz CT molecular complexity index is 761. The predicted molar refractivity (Wildman–Crippen MR) is 99.3 cm³/mol. The molecule has 9 heteroatoms. The molecular formula is C15H16Cl3N5O. The highest BCUT2D eigenvalue weighted by Gasteiger charge is 2.23. The Morgan fingerprint density at radius 2 is 2.00 bits per heavy atom. The van der Waals surface area contributed by atoms with Crippen LogP contribution in [0.4, 0.5) is 0 Å². The largest absolute Gasteiger partial charge is 0.506 e. The third kappa shape index (κ3) is 5.06. The Balaban J connectivity index is 2.23. The van der Waals surface area contributed by atoms with Crippen LogP contribution >= 0.6 is 34.8 Å². The zero-order chi connectivity index (χ0) is 17.7. The molecule has 0 radical (unpaired) electrons. The fourth-order valence-electron chi connectivity index (χ4n) is 2.14. The summed E-state index contributed by atoms with van der Waals surface area (Å²) in [5.74, 6) is 0.0428. The topological polar surface area (TPSA) is 102 Å². The Morgan fingerprint density at radius 3 is 2.67 bits per heavy atom. The zero-order valence-corrected chi connectivity index (χ0v) is 14.8. The van der Waals surface area contributed by atoms with E-state index in [1.807, 2.05) is 10.6 Å². The second-order valence-corrected chi connectivity index (χ2v) is 7.25. The van der Waals surface area contributed by atoms with Gasteiger partial charge in [-0.3, -0.25) is 0 Å². The monoisotopic (exact) mass is 387 g/mol. The highest BCUT2D eigenvalue weighted by atomic mass is 35.6. The molecule has 128 valence electrons. The molecule has 24 heavy (non-hydrogen) atoms. The van der Waals surface area contributed by atoms with E-state index < -0.39 is 3.79 Å². The summed E-state index contributed by atoms with van der Waals surface area (Å²) < 4.78 is 0.307. The first-order chi connectivity index (χ1) is 11.3. The molecule has 1 heterocycles. The van der Waals surface area contributed by atoms with Crippen molar-refractivity contribution in [3.63, 3.8) is 0 Å². The van der Waals surface area contributed by atoms with Crippen LogP contribution in [0.2, 0.25) is 0 Å². The lowest BCUT2D eigenvalue weighted by Crippen LogP contribution is -2.21. The second-order valence-electron chi connectivity index (χ2n) is 4.97. The molecule has 0 amide bonds. The predicted octanol–water partition coefficient (Wildman–Crippen LogP) is 3.20. The van der Waals surface area contributed by atoms with Gasteiger partial charge in [-0.25, -0.2) is 0 Å². The number of aromatic hydroxyl groups is 1. The molecule has 0 bridgehead atoms. The summed E-state index contributed by atoms with van der Waals surface area (Å²) in [7, 11) is 0. The van der Waals surface area contributed by atoms with Gasteiger partial charge in [-0.15, -0.1) is 5.10 Å². The van der Waals surface area contributed by atoms with Gasteiger partial charge in [-0.05, 0) is 25.0 Å². The van der Waals surface area contributed by atoms with Gasteiger partial charge in [0.15, 0.2) is 0 Å². The van der Waals surface area contributed by atoms with E-state index >= 15 is 0 Å². The molecule has 0 aliphatic heterocycles. The first kappa shape index (κ1) is 18.4. The molecular weight excluding hydrogens is 373 g/mol.